The highest BCUT2D eigenvalue weighted by Crippen LogP contribution is 2.42. The molecule has 3 aromatic heterocycles. The molecule has 0 bridgehead atoms. The maximum atomic E-state index is 6.26. The number of fused-ring (bicyclic) bond motifs is 9. The predicted octanol–water partition coefficient (Wildman–Crippen LogP) is 16.7. The number of para-hydroxylation sites is 2. The molecule has 298 valence electrons. The minimum atomic E-state index is 0.867. The maximum Gasteiger partial charge on any atom is 0.135 e. The molecule has 0 unspecified atom stereocenters. The smallest absolute Gasteiger partial charge is 0.135 e. The van der Waals surface area contributed by atoms with Crippen molar-refractivity contribution in [3.8, 4) is 61.6 Å². The molecule has 13 rings (SSSR count). The molecule has 3 nitrogen and oxygen atoms in total. The van der Waals surface area contributed by atoms with Gasteiger partial charge in [-0.1, -0.05) is 158 Å². The van der Waals surface area contributed by atoms with Crippen LogP contribution in [0.2, 0.25) is 0 Å². The minimum absolute atomic E-state index is 0.867. The standard InChI is InChI=1S/C61H38N2O/c1-3-15-39(16-4-1)41-27-29-52-51-23-11-13-25-58(51)63(59(52)38-41)47-32-45(54-34-42-19-7-8-20-48(42)49-21-9-10-22-50(49)54)31-46(33-47)57-37-44(40-17-5-2-6-18-40)36-56(62-57)43-28-30-61-55(35-43)53-24-12-14-26-60(53)64-61/h1-38H. The summed E-state index contributed by atoms with van der Waals surface area (Å²) in [5.74, 6) is 0. The van der Waals surface area contributed by atoms with E-state index in [4.69, 9.17) is 9.40 Å². The summed E-state index contributed by atoms with van der Waals surface area (Å²) < 4.78 is 8.71. The monoisotopic (exact) mass is 814 g/mol. The van der Waals surface area contributed by atoms with Crippen LogP contribution in [0.15, 0.2) is 235 Å². The summed E-state index contributed by atoms with van der Waals surface area (Å²) in [6, 6.07) is 83.1. The number of aromatic nitrogens is 2. The summed E-state index contributed by atoms with van der Waals surface area (Å²) in [5.41, 5.74) is 15.9. The van der Waals surface area contributed by atoms with Crippen LogP contribution in [-0.4, -0.2) is 9.55 Å². The summed E-state index contributed by atoms with van der Waals surface area (Å²) >= 11 is 0. The Morgan fingerprint density at radius 1 is 0.297 bits per heavy atom. The first-order chi connectivity index (χ1) is 31.7. The predicted molar refractivity (Wildman–Crippen MR) is 268 cm³/mol. The SMILES string of the molecule is c1ccc(-c2cc(-c3cc(-c4cc5ccccc5c5ccccc45)cc(-n4c5ccccc5c5ccc(-c6ccccc6)cc54)c3)nc(-c3ccc4oc5ccccc5c4c3)c2)cc1. The molecular weight excluding hydrogens is 777 g/mol. The lowest BCUT2D eigenvalue weighted by atomic mass is 9.91. The summed E-state index contributed by atoms with van der Waals surface area (Å²) in [7, 11) is 0. The minimum Gasteiger partial charge on any atom is -0.456 e. The number of nitrogens with zero attached hydrogens (tertiary/aromatic N) is 2. The van der Waals surface area contributed by atoms with E-state index in [2.05, 4.69) is 223 Å². The van der Waals surface area contributed by atoms with Gasteiger partial charge in [-0.15, -0.1) is 0 Å². The second-order valence-electron chi connectivity index (χ2n) is 16.7. The lowest BCUT2D eigenvalue weighted by Gasteiger charge is -2.17. The van der Waals surface area contributed by atoms with Crippen molar-refractivity contribution >= 4 is 65.3 Å². The highest BCUT2D eigenvalue weighted by atomic mass is 16.3. The molecule has 0 aliphatic carbocycles. The van der Waals surface area contributed by atoms with Gasteiger partial charge < -0.3 is 8.98 Å². The van der Waals surface area contributed by atoms with Gasteiger partial charge in [0.15, 0.2) is 0 Å². The Bertz CT molecular complexity index is 3950. The third-order valence-corrected chi connectivity index (χ3v) is 12.9. The van der Waals surface area contributed by atoms with Crippen molar-refractivity contribution in [1.82, 2.24) is 9.55 Å². The summed E-state index contributed by atoms with van der Waals surface area (Å²) in [5, 5.41) is 9.52. The molecule has 64 heavy (non-hydrogen) atoms. The zero-order valence-corrected chi connectivity index (χ0v) is 34.7. The molecule has 0 radical (unpaired) electrons. The van der Waals surface area contributed by atoms with Gasteiger partial charge in [-0.05, 0) is 128 Å². The molecule has 0 saturated heterocycles. The number of pyridine rings is 1. The largest absolute Gasteiger partial charge is 0.456 e. The van der Waals surface area contributed by atoms with E-state index in [1.807, 2.05) is 12.1 Å². The fourth-order valence-corrected chi connectivity index (χ4v) is 9.90. The fourth-order valence-electron chi connectivity index (χ4n) is 9.90. The van der Waals surface area contributed by atoms with Crippen LogP contribution in [-0.2, 0) is 0 Å². The average Bonchev–Trinajstić information content (AvgIpc) is 3.91. The van der Waals surface area contributed by atoms with Gasteiger partial charge in [-0.3, -0.25) is 0 Å². The molecule has 3 heterocycles. The molecule has 13 aromatic rings. The van der Waals surface area contributed by atoms with Gasteiger partial charge in [0, 0.05) is 38.4 Å². The van der Waals surface area contributed by atoms with Crippen molar-refractivity contribution in [2.45, 2.75) is 0 Å². The number of rotatable bonds is 6. The Hall–Kier alpha value is -8.53. The lowest BCUT2D eigenvalue weighted by molar-refractivity contribution is 0.669. The topological polar surface area (TPSA) is 31.0 Å². The first kappa shape index (κ1) is 36.2. The third-order valence-electron chi connectivity index (χ3n) is 12.9. The second kappa shape index (κ2) is 14.5. The van der Waals surface area contributed by atoms with Crippen LogP contribution in [0.1, 0.15) is 0 Å². The van der Waals surface area contributed by atoms with Crippen molar-refractivity contribution in [3.63, 3.8) is 0 Å². The van der Waals surface area contributed by atoms with Crippen LogP contribution in [0.25, 0.3) is 127 Å². The van der Waals surface area contributed by atoms with Crippen molar-refractivity contribution < 1.29 is 4.42 Å². The van der Waals surface area contributed by atoms with Gasteiger partial charge in [0.2, 0.25) is 0 Å². The Labute approximate surface area is 369 Å². The van der Waals surface area contributed by atoms with Gasteiger partial charge in [-0.2, -0.15) is 0 Å². The molecule has 0 amide bonds. The van der Waals surface area contributed by atoms with Gasteiger partial charge in [0.1, 0.15) is 11.2 Å². The van der Waals surface area contributed by atoms with Crippen molar-refractivity contribution in [1.29, 1.82) is 0 Å². The van der Waals surface area contributed by atoms with E-state index >= 15 is 0 Å². The van der Waals surface area contributed by atoms with Crippen molar-refractivity contribution in [3.05, 3.63) is 231 Å². The van der Waals surface area contributed by atoms with E-state index in [1.165, 1.54) is 49.0 Å². The Balaban J connectivity index is 1.11. The highest BCUT2D eigenvalue weighted by molar-refractivity contribution is 6.15. The van der Waals surface area contributed by atoms with Gasteiger partial charge in [0.05, 0.1) is 22.4 Å². The van der Waals surface area contributed by atoms with E-state index in [-0.39, 0.29) is 0 Å². The van der Waals surface area contributed by atoms with Crippen LogP contribution in [0.3, 0.4) is 0 Å². The van der Waals surface area contributed by atoms with E-state index in [0.29, 0.717) is 0 Å². The molecule has 10 aromatic carbocycles. The van der Waals surface area contributed by atoms with Gasteiger partial charge in [-0.25, -0.2) is 4.98 Å². The van der Waals surface area contributed by atoms with Crippen LogP contribution >= 0.6 is 0 Å². The quantitative estimate of drug-likeness (QED) is 0.157. The second-order valence-corrected chi connectivity index (χ2v) is 16.7. The van der Waals surface area contributed by atoms with Crippen LogP contribution in [0, 0.1) is 0 Å². The van der Waals surface area contributed by atoms with Crippen LogP contribution < -0.4 is 0 Å². The van der Waals surface area contributed by atoms with Gasteiger partial charge in [0.25, 0.3) is 0 Å². The molecule has 0 atom stereocenters. The highest BCUT2D eigenvalue weighted by Gasteiger charge is 2.19. The molecule has 3 heteroatoms. The Kier molecular flexibility index (Phi) is 8.22. The molecule has 0 saturated carbocycles. The molecule has 0 spiro atoms. The maximum absolute atomic E-state index is 6.26. The Morgan fingerprint density at radius 3 is 1.70 bits per heavy atom. The zero-order valence-electron chi connectivity index (χ0n) is 34.7. The lowest BCUT2D eigenvalue weighted by Crippen LogP contribution is -1.98. The molecule has 0 N–H and O–H groups in total. The molecule has 0 aliphatic heterocycles. The number of hydrogen-bond donors (Lipinski definition) is 0. The average molecular weight is 815 g/mol. The van der Waals surface area contributed by atoms with E-state index < -0.39 is 0 Å². The zero-order chi connectivity index (χ0) is 42.1. The molecular formula is C61H38N2O. The Morgan fingerprint density at radius 2 is 0.891 bits per heavy atom. The van der Waals surface area contributed by atoms with Gasteiger partial charge >= 0.3 is 0 Å². The van der Waals surface area contributed by atoms with E-state index in [9.17, 15) is 0 Å². The number of benzene rings is 10. The van der Waals surface area contributed by atoms with Crippen LogP contribution in [0.4, 0.5) is 0 Å². The third kappa shape index (κ3) is 5.94. The van der Waals surface area contributed by atoms with E-state index in [0.717, 1.165) is 77.9 Å². The van der Waals surface area contributed by atoms with Crippen molar-refractivity contribution in [2.24, 2.45) is 0 Å². The molecule has 0 aliphatic rings. The normalized spacial score (nSPS) is 11.8. The van der Waals surface area contributed by atoms with Crippen molar-refractivity contribution in [2.75, 3.05) is 0 Å². The summed E-state index contributed by atoms with van der Waals surface area (Å²) in [6.07, 6.45) is 0. The fraction of sp³-hybridized carbons (Fsp3) is 0. The van der Waals surface area contributed by atoms with Crippen LogP contribution in [0.5, 0.6) is 0 Å². The first-order valence-electron chi connectivity index (χ1n) is 21.8. The summed E-state index contributed by atoms with van der Waals surface area (Å²) in [6.45, 7) is 0. The number of furan rings is 1. The van der Waals surface area contributed by atoms with E-state index in [1.54, 1.807) is 0 Å². The first-order valence-corrected chi connectivity index (χ1v) is 21.8. The summed E-state index contributed by atoms with van der Waals surface area (Å²) in [4.78, 5) is 5.58. The molecule has 0 fully saturated rings. The number of hydrogen-bond acceptors (Lipinski definition) is 2.